The molecule has 0 radical (unpaired) electrons. The number of nitrogens with zero attached hydrogens (tertiary/aromatic N) is 3. The number of aromatic nitrogens is 3. The summed E-state index contributed by atoms with van der Waals surface area (Å²) in [4.78, 5) is 16.3. The average molecular weight is 307 g/mol. The van der Waals surface area contributed by atoms with Gasteiger partial charge in [0.2, 0.25) is 0 Å². The summed E-state index contributed by atoms with van der Waals surface area (Å²) in [5.74, 6) is 1.85. The minimum absolute atomic E-state index is 0.0935. The quantitative estimate of drug-likeness (QED) is 0.743. The van der Waals surface area contributed by atoms with Crippen molar-refractivity contribution in [3.05, 3.63) is 70.4 Å². The fourth-order valence-electron chi connectivity index (χ4n) is 2.88. The molecule has 2 aromatic heterocycles. The lowest BCUT2D eigenvalue weighted by Gasteiger charge is -2.11. The maximum atomic E-state index is 11.8. The highest BCUT2D eigenvalue weighted by Crippen LogP contribution is 2.45. The minimum Gasteiger partial charge on any atom is -0.334 e. The number of rotatable bonds is 4. The zero-order valence-corrected chi connectivity index (χ0v) is 12.8. The molecule has 1 aromatic carbocycles. The normalized spacial score (nSPS) is 15.5. The molecule has 1 atom stereocenters. The predicted octanol–water partition coefficient (Wildman–Crippen LogP) is 2.98. The van der Waals surface area contributed by atoms with Crippen LogP contribution in [0.15, 0.2) is 58.0 Å². The van der Waals surface area contributed by atoms with E-state index in [0.717, 1.165) is 0 Å². The Hall–Kier alpha value is -2.69. The Bertz CT molecular complexity index is 879. The lowest BCUT2D eigenvalue weighted by molar-refractivity contribution is 0.416. The molecule has 5 nitrogen and oxygen atoms in total. The second-order valence-corrected chi connectivity index (χ2v) is 6.05. The Kier molecular flexibility index (Phi) is 3.33. The van der Waals surface area contributed by atoms with Crippen LogP contribution in [-0.4, -0.2) is 14.7 Å². The fourth-order valence-corrected chi connectivity index (χ4v) is 2.88. The van der Waals surface area contributed by atoms with Gasteiger partial charge in [-0.25, -0.2) is 0 Å². The van der Waals surface area contributed by atoms with E-state index in [0.29, 0.717) is 23.2 Å². The van der Waals surface area contributed by atoms with Crippen LogP contribution in [-0.2, 0) is 7.05 Å². The SMILES string of the molecule is Cn1ccc(-c2nc([C@H](c3ccccc3)C3CC3)no2)cc1=O. The highest BCUT2D eigenvalue weighted by molar-refractivity contribution is 5.51. The molecule has 3 aromatic rings. The first-order valence-corrected chi connectivity index (χ1v) is 7.78. The Balaban J connectivity index is 1.71. The van der Waals surface area contributed by atoms with Crippen molar-refractivity contribution in [2.45, 2.75) is 18.8 Å². The van der Waals surface area contributed by atoms with E-state index in [2.05, 4.69) is 22.3 Å². The van der Waals surface area contributed by atoms with Crippen molar-refractivity contribution in [3.63, 3.8) is 0 Å². The smallest absolute Gasteiger partial charge is 0.258 e. The van der Waals surface area contributed by atoms with E-state index in [1.165, 1.54) is 29.0 Å². The molecule has 0 unspecified atom stereocenters. The standard InChI is InChI=1S/C18H17N3O2/c1-21-10-9-14(11-15(21)22)18-19-17(20-23-18)16(13-7-8-13)12-5-3-2-4-6-12/h2-6,9-11,13,16H,7-8H2,1H3/t16-/m1/s1. The maximum absolute atomic E-state index is 11.8. The minimum atomic E-state index is -0.0935. The Morgan fingerprint density at radius 1 is 1.22 bits per heavy atom. The number of benzene rings is 1. The number of pyridine rings is 1. The summed E-state index contributed by atoms with van der Waals surface area (Å²) in [6, 6.07) is 13.6. The van der Waals surface area contributed by atoms with E-state index in [1.54, 1.807) is 13.2 Å². The molecule has 1 aliphatic rings. The van der Waals surface area contributed by atoms with Crippen LogP contribution in [0.4, 0.5) is 0 Å². The van der Waals surface area contributed by atoms with Gasteiger partial charge in [0.1, 0.15) is 0 Å². The number of hydrogen-bond donors (Lipinski definition) is 0. The molecule has 4 rings (SSSR count). The molecule has 0 saturated heterocycles. The van der Waals surface area contributed by atoms with Gasteiger partial charge in [-0.1, -0.05) is 35.5 Å². The van der Waals surface area contributed by atoms with E-state index < -0.39 is 0 Å². The van der Waals surface area contributed by atoms with Crippen molar-refractivity contribution in [3.8, 4) is 11.5 Å². The Morgan fingerprint density at radius 3 is 2.70 bits per heavy atom. The van der Waals surface area contributed by atoms with Crippen LogP contribution in [0.1, 0.15) is 30.1 Å². The maximum Gasteiger partial charge on any atom is 0.258 e. The molecule has 5 heteroatoms. The largest absolute Gasteiger partial charge is 0.334 e. The molecule has 116 valence electrons. The second-order valence-electron chi connectivity index (χ2n) is 6.05. The molecule has 1 saturated carbocycles. The monoisotopic (exact) mass is 307 g/mol. The fraction of sp³-hybridized carbons (Fsp3) is 0.278. The van der Waals surface area contributed by atoms with Gasteiger partial charge >= 0.3 is 0 Å². The molecule has 0 bridgehead atoms. The summed E-state index contributed by atoms with van der Waals surface area (Å²) in [5, 5.41) is 4.19. The van der Waals surface area contributed by atoms with Crippen LogP contribution in [0.5, 0.6) is 0 Å². The first-order valence-electron chi connectivity index (χ1n) is 7.78. The highest BCUT2D eigenvalue weighted by Gasteiger charge is 2.36. The van der Waals surface area contributed by atoms with Gasteiger partial charge in [-0.15, -0.1) is 0 Å². The molecule has 0 amide bonds. The van der Waals surface area contributed by atoms with Crippen LogP contribution in [0, 0.1) is 5.92 Å². The lowest BCUT2D eigenvalue weighted by atomic mass is 9.93. The topological polar surface area (TPSA) is 60.9 Å². The van der Waals surface area contributed by atoms with Gasteiger partial charge in [0.25, 0.3) is 11.4 Å². The summed E-state index contributed by atoms with van der Waals surface area (Å²) < 4.78 is 6.93. The van der Waals surface area contributed by atoms with E-state index >= 15 is 0 Å². The summed E-state index contributed by atoms with van der Waals surface area (Å²) >= 11 is 0. The third kappa shape index (κ3) is 2.70. The van der Waals surface area contributed by atoms with Crippen molar-refractivity contribution in [1.82, 2.24) is 14.7 Å². The van der Waals surface area contributed by atoms with Crippen LogP contribution >= 0.6 is 0 Å². The molecular formula is C18H17N3O2. The Morgan fingerprint density at radius 2 is 2.00 bits per heavy atom. The van der Waals surface area contributed by atoms with E-state index in [9.17, 15) is 4.79 Å². The van der Waals surface area contributed by atoms with Gasteiger partial charge < -0.3 is 9.09 Å². The van der Waals surface area contributed by atoms with Crippen LogP contribution in [0.25, 0.3) is 11.5 Å². The molecule has 23 heavy (non-hydrogen) atoms. The van der Waals surface area contributed by atoms with Crippen molar-refractivity contribution >= 4 is 0 Å². The molecule has 2 heterocycles. The first-order chi connectivity index (χ1) is 11.2. The molecule has 1 aliphatic carbocycles. The molecule has 1 fully saturated rings. The molecule has 0 N–H and O–H groups in total. The van der Waals surface area contributed by atoms with Gasteiger partial charge in [0, 0.05) is 24.9 Å². The first kappa shape index (κ1) is 13.9. The summed E-state index contributed by atoms with van der Waals surface area (Å²) in [5.41, 5.74) is 1.78. The van der Waals surface area contributed by atoms with Crippen molar-refractivity contribution in [2.24, 2.45) is 13.0 Å². The third-order valence-electron chi connectivity index (χ3n) is 4.32. The Labute approximate surface area is 133 Å². The summed E-state index contributed by atoms with van der Waals surface area (Å²) in [6.07, 6.45) is 4.09. The van der Waals surface area contributed by atoms with Crippen molar-refractivity contribution in [1.29, 1.82) is 0 Å². The van der Waals surface area contributed by atoms with Crippen LogP contribution in [0.2, 0.25) is 0 Å². The van der Waals surface area contributed by atoms with E-state index in [4.69, 9.17) is 4.52 Å². The highest BCUT2D eigenvalue weighted by atomic mass is 16.5. The average Bonchev–Trinajstić information content (AvgIpc) is 3.28. The summed E-state index contributed by atoms with van der Waals surface area (Å²) in [6.45, 7) is 0. The van der Waals surface area contributed by atoms with Crippen LogP contribution < -0.4 is 5.56 Å². The summed E-state index contributed by atoms with van der Waals surface area (Å²) in [7, 11) is 1.71. The molecular weight excluding hydrogens is 290 g/mol. The molecule has 0 spiro atoms. The van der Waals surface area contributed by atoms with E-state index in [-0.39, 0.29) is 11.5 Å². The van der Waals surface area contributed by atoms with Gasteiger partial charge in [-0.05, 0) is 30.4 Å². The third-order valence-corrected chi connectivity index (χ3v) is 4.32. The van der Waals surface area contributed by atoms with Gasteiger partial charge in [-0.3, -0.25) is 4.79 Å². The van der Waals surface area contributed by atoms with Crippen molar-refractivity contribution in [2.75, 3.05) is 0 Å². The zero-order valence-electron chi connectivity index (χ0n) is 12.8. The van der Waals surface area contributed by atoms with E-state index in [1.807, 2.05) is 24.3 Å². The molecule has 0 aliphatic heterocycles. The predicted molar refractivity (Wildman–Crippen MR) is 86.0 cm³/mol. The van der Waals surface area contributed by atoms with Crippen LogP contribution in [0.3, 0.4) is 0 Å². The van der Waals surface area contributed by atoms with Crippen molar-refractivity contribution < 1.29 is 4.52 Å². The second kappa shape index (κ2) is 5.50. The van der Waals surface area contributed by atoms with Gasteiger partial charge in [0.15, 0.2) is 5.82 Å². The number of aryl methyl sites for hydroxylation is 1. The number of hydrogen-bond acceptors (Lipinski definition) is 4. The lowest BCUT2D eigenvalue weighted by Crippen LogP contribution is -2.14. The van der Waals surface area contributed by atoms with Gasteiger partial charge in [-0.2, -0.15) is 4.98 Å². The zero-order chi connectivity index (χ0) is 15.8. The van der Waals surface area contributed by atoms with Gasteiger partial charge in [0.05, 0.1) is 5.92 Å².